The fourth-order valence-electron chi connectivity index (χ4n) is 1.74. The van der Waals surface area contributed by atoms with Crippen molar-refractivity contribution in [3.8, 4) is 0 Å². The summed E-state index contributed by atoms with van der Waals surface area (Å²) in [6, 6.07) is 0. The van der Waals surface area contributed by atoms with Crippen molar-refractivity contribution in [2.45, 2.75) is 26.2 Å². The second-order valence-corrected chi connectivity index (χ2v) is 4.62. The molecule has 0 N–H and O–H groups in total. The van der Waals surface area contributed by atoms with E-state index in [9.17, 15) is 4.79 Å². The van der Waals surface area contributed by atoms with Crippen LogP contribution >= 0.6 is 0 Å². The SMILES string of the molecule is CC1CCN(C(=O)CCN(C)C)CC1. The van der Waals surface area contributed by atoms with Crippen LogP contribution in [0.5, 0.6) is 0 Å². The molecule has 14 heavy (non-hydrogen) atoms. The molecule has 0 bridgehead atoms. The average molecular weight is 198 g/mol. The molecule has 1 fully saturated rings. The topological polar surface area (TPSA) is 23.6 Å². The largest absolute Gasteiger partial charge is 0.343 e. The maximum atomic E-state index is 11.7. The highest BCUT2D eigenvalue weighted by molar-refractivity contribution is 5.76. The van der Waals surface area contributed by atoms with Gasteiger partial charge in [-0.2, -0.15) is 0 Å². The summed E-state index contributed by atoms with van der Waals surface area (Å²) in [5, 5.41) is 0. The van der Waals surface area contributed by atoms with E-state index >= 15 is 0 Å². The number of likely N-dealkylation sites (tertiary alicyclic amines) is 1. The van der Waals surface area contributed by atoms with E-state index in [0.717, 1.165) is 25.6 Å². The van der Waals surface area contributed by atoms with E-state index in [-0.39, 0.29) is 0 Å². The van der Waals surface area contributed by atoms with Crippen molar-refractivity contribution in [3.05, 3.63) is 0 Å². The van der Waals surface area contributed by atoms with Crippen LogP contribution in [0.4, 0.5) is 0 Å². The van der Waals surface area contributed by atoms with Gasteiger partial charge in [-0.25, -0.2) is 0 Å². The molecule has 82 valence electrons. The quantitative estimate of drug-likeness (QED) is 0.680. The first-order chi connectivity index (χ1) is 6.59. The number of nitrogens with zero attached hydrogens (tertiary/aromatic N) is 2. The summed E-state index contributed by atoms with van der Waals surface area (Å²) in [6.45, 7) is 5.06. The molecule has 0 atom stereocenters. The van der Waals surface area contributed by atoms with Gasteiger partial charge in [-0.3, -0.25) is 4.79 Å². The molecule has 0 spiro atoms. The van der Waals surface area contributed by atoms with E-state index in [2.05, 4.69) is 11.8 Å². The van der Waals surface area contributed by atoms with Crippen LogP contribution < -0.4 is 0 Å². The number of hydrogen-bond acceptors (Lipinski definition) is 2. The number of carbonyl (C=O) groups excluding carboxylic acids is 1. The molecule has 1 aliphatic rings. The minimum absolute atomic E-state index is 0.325. The summed E-state index contributed by atoms with van der Waals surface area (Å²) >= 11 is 0. The van der Waals surface area contributed by atoms with Crippen molar-refractivity contribution in [2.24, 2.45) is 5.92 Å². The van der Waals surface area contributed by atoms with Gasteiger partial charge in [-0.1, -0.05) is 6.92 Å². The van der Waals surface area contributed by atoms with Crippen LogP contribution in [0, 0.1) is 5.92 Å². The summed E-state index contributed by atoms with van der Waals surface area (Å²) in [4.78, 5) is 15.8. The monoisotopic (exact) mass is 198 g/mol. The lowest BCUT2D eigenvalue weighted by Crippen LogP contribution is -2.39. The zero-order valence-corrected chi connectivity index (χ0v) is 9.62. The number of rotatable bonds is 3. The predicted molar refractivity (Wildman–Crippen MR) is 58.1 cm³/mol. The van der Waals surface area contributed by atoms with E-state index in [4.69, 9.17) is 0 Å². The lowest BCUT2D eigenvalue weighted by molar-refractivity contribution is -0.132. The van der Waals surface area contributed by atoms with Gasteiger partial charge in [0.2, 0.25) is 5.91 Å². The fraction of sp³-hybridized carbons (Fsp3) is 0.909. The van der Waals surface area contributed by atoms with E-state index in [1.54, 1.807) is 0 Å². The van der Waals surface area contributed by atoms with Crippen LogP contribution in [0.15, 0.2) is 0 Å². The highest BCUT2D eigenvalue weighted by atomic mass is 16.2. The normalized spacial score (nSPS) is 19.0. The molecule has 3 nitrogen and oxygen atoms in total. The summed E-state index contributed by atoms with van der Waals surface area (Å²) in [5.41, 5.74) is 0. The van der Waals surface area contributed by atoms with Gasteiger partial charge in [0, 0.05) is 26.1 Å². The van der Waals surface area contributed by atoms with E-state index < -0.39 is 0 Å². The van der Waals surface area contributed by atoms with Crippen LogP contribution in [-0.2, 0) is 4.79 Å². The first-order valence-electron chi connectivity index (χ1n) is 5.52. The fourth-order valence-corrected chi connectivity index (χ4v) is 1.74. The number of hydrogen-bond donors (Lipinski definition) is 0. The maximum Gasteiger partial charge on any atom is 0.223 e. The molecule has 1 amide bonds. The standard InChI is InChI=1S/C11H22N2O/c1-10-4-8-13(9-5-10)11(14)6-7-12(2)3/h10H,4-9H2,1-3H3. The Kier molecular flexibility index (Phi) is 4.39. The molecule has 0 saturated carbocycles. The lowest BCUT2D eigenvalue weighted by atomic mass is 9.99. The minimum atomic E-state index is 0.325. The molecular weight excluding hydrogens is 176 g/mol. The predicted octanol–water partition coefficient (Wildman–Crippen LogP) is 1.20. The van der Waals surface area contributed by atoms with Crippen molar-refractivity contribution < 1.29 is 4.79 Å². The summed E-state index contributed by atoms with van der Waals surface area (Å²) < 4.78 is 0. The van der Waals surface area contributed by atoms with Crippen LogP contribution in [-0.4, -0.2) is 49.4 Å². The molecule has 0 unspecified atom stereocenters. The van der Waals surface area contributed by atoms with Gasteiger partial charge in [-0.05, 0) is 32.9 Å². The summed E-state index contributed by atoms with van der Waals surface area (Å²) in [6.07, 6.45) is 3.02. The van der Waals surface area contributed by atoms with Gasteiger partial charge in [0.15, 0.2) is 0 Å². The number of amides is 1. The molecule has 0 radical (unpaired) electrons. The molecular formula is C11H22N2O. The van der Waals surface area contributed by atoms with Gasteiger partial charge in [-0.15, -0.1) is 0 Å². The van der Waals surface area contributed by atoms with Crippen LogP contribution in [0.2, 0.25) is 0 Å². The Morgan fingerprint density at radius 1 is 1.36 bits per heavy atom. The zero-order valence-electron chi connectivity index (χ0n) is 9.62. The van der Waals surface area contributed by atoms with Crippen LogP contribution in [0.25, 0.3) is 0 Å². The first-order valence-corrected chi connectivity index (χ1v) is 5.52. The number of piperidine rings is 1. The highest BCUT2D eigenvalue weighted by Crippen LogP contribution is 2.16. The maximum absolute atomic E-state index is 11.7. The van der Waals surface area contributed by atoms with Crippen molar-refractivity contribution in [1.82, 2.24) is 9.80 Å². The molecule has 1 rings (SSSR count). The minimum Gasteiger partial charge on any atom is -0.343 e. The Labute approximate surface area is 87.1 Å². The summed E-state index contributed by atoms with van der Waals surface area (Å²) in [5.74, 6) is 1.12. The zero-order chi connectivity index (χ0) is 10.6. The second-order valence-electron chi connectivity index (χ2n) is 4.62. The number of carbonyl (C=O) groups is 1. The Hall–Kier alpha value is -0.570. The van der Waals surface area contributed by atoms with E-state index in [1.807, 2.05) is 19.0 Å². The Balaban J connectivity index is 2.24. The Morgan fingerprint density at radius 3 is 2.43 bits per heavy atom. The molecule has 3 heteroatoms. The third kappa shape index (κ3) is 3.66. The van der Waals surface area contributed by atoms with Crippen LogP contribution in [0.1, 0.15) is 26.2 Å². The summed E-state index contributed by atoms with van der Waals surface area (Å²) in [7, 11) is 4.01. The molecule has 1 aliphatic heterocycles. The molecule has 1 heterocycles. The molecule has 0 aromatic carbocycles. The third-order valence-corrected chi connectivity index (χ3v) is 2.91. The van der Waals surface area contributed by atoms with E-state index in [1.165, 1.54) is 12.8 Å². The molecule has 1 saturated heterocycles. The Bertz CT molecular complexity index is 184. The van der Waals surface area contributed by atoms with Crippen LogP contribution in [0.3, 0.4) is 0 Å². The van der Waals surface area contributed by atoms with Crippen molar-refractivity contribution in [2.75, 3.05) is 33.7 Å². The van der Waals surface area contributed by atoms with Gasteiger partial charge < -0.3 is 9.80 Å². The average Bonchev–Trinajstić information content (AvgIpc) is 2.15. The van der Waals surface area contributed by atoms with Gasteiger partial charge in [0.05, 0.1) is 0 Å². The van der Waals surface area contributed by atoms with Gasteiger partial charge >= 0.3 is 0 Å². The smallest absolute Gasteiger partial charge is 0.223 e. The lowest BCUT2D eigenvalue weighted by Gasteiger charge is -2.30. The molecule has 0 aromatic rings. The van der Waals surface area contributed by atoms with Gasteiger partial charge in [0.25, 0.3) is 0 Å². The van der Waals surface area contributed by atoms with Crippen molar-refractivity contribution >= 4 is 5.91 Å². The molecule has 0 aliphatic carbocycles. The van der Waals surface area contributed by atoms with Crippen molar-refractivity contribution in [3.63, 3.8) is 0 Å². The van der Waals surface area contributed by atoms with E-state index in [0.29, 0.717) is 12.3 Å². The third-order valence-electron chi connectivity index (χ3n) is 2.91. The van der Waals surface area contributed by atoms with Crippen molar-refractivity contribution in [1.29, 1.82) is 0 Å². The van der Waals surface area contributed by atoms with Gasteiger partial charge in [0.1, 0.15) is 0 Å². The highest BCUT2D eigenvalue weighted by Gasteiger charge is 2.19. The molecule has 0 aromatic heterocycles. The second kappa shape index (κ2) is 5.35. The Morgan fingerprint density at radius 2 is 1.93 bits per heavy atom. The first kappa shape index (κ1) is 11.5.